The minimum absolute atomic E-state index is 0.0918. The monoisotopic (exact) mass is 366 g/mol. The highest BCUT2D eigenvalue weighted by Gasteiger charge is 2.44. The van der Waals surface area contributed by atoms with Gasteiger partial charge in [-0.15, -0.1) is 0 Å². The zero-order chi connectivity index (χ0) is 19.0. The fraction of sp³-hybridized carbons (Fsp3) is 0.476. The average molecular weight is 366 g/mol. The van der Waals surface area contributed by atoms with Gasteiger partial charge in [0.1, 0.15) is 0 Å². The number of amides is 1. The lowest BCUT2D eigenvalue weighted by atomic mass is 9.76. The van der Waals surface area contributed by atoms with Crippen LogP contribution in [0, 0.1) is 6.92 Å². The first-order valence-electron chi connectivity index (χ1n) is 9.69. The summed E-state index contributed by atoms with van der Waals surface area (Å²) >= 11 is 0. The fourth-order valence-electron chi connectivity index (χ4n) is 4.50. The van der Waals surface area contributed by atoms with Crippen LogP contribution in [0.2, 0.25) is 0 Å². The SMILES string of the molecule is Cc1ccc(CCC(=O)N2CCC3(CCc4c3nc(N)[nH]c4=O)CC2)cc1. The third-order valence-electron chi connectivity index (χ3n) is 6.21. The Kier molecular flexibility index (Phi) is 4.50. The predicted molar refractivity (Wildman–Crippen MR) is 105 cm³/mol. The molecule has 2 aliphatic rings. The summed E-state index contributed by atoms with van der Waals surface area (Å²) in [5.41, 5.74) is 9.66. The molecule has 1 fully saturated rings. The number of hydrogen-bond acceptors (Lipinski definition) is 4. The normalized spacial score (nSPS) is 17.9. The second-order valence-electron chi connectivity index (χ2n) is 7.93. The molecule has 0 radical (unpaired) electrons. The van der Waals surface area contributed by atoms with E-state index in [4.69, 9.17) is 5.73 Å². The topological polar surface area (TPSA) is 92.1 Å². The number of carbonyl (C=O) groups is 1. The van der Waals surface area contributed by atoms with Crippen molar-refractivity contribution < 1.29 is 4.79 Å². The molecule has 2 heterocycles. The summed E-state index contributed by atoms with van der Waals surface area (Å²) in [5.74, 6) is 0.402. The smallest absolute Gasteiger partial charge is 0.255 e. The minimum Gasteiger partial charge on any atom is -0.369 e. The van der Waals surface area contributed by atoms with Crippen LogP contribution in [0.5, 0.6) is 0 Å². The highest BCUT2D eigenvalue weighted by Crippen LogP contribution is 2.44. The summed E-state index contributed by atoms with van der Waals surface area (Å²) in [7, 11) is 0. The van der Waals surface area contributed by atoms with E-state index in [0.717, 1.165) is 56.5 Å². The molecule has 142 valence electrons. The number of nitrogens with zero attached hydrogens (tertiary/aromatic N) is 2. The Morgan fingerprint density at radius 2 is 1.93 bits per heavy atom. The predicted octanol–water partition coefficient (Wildman–Crippen LogP) is 2.10. The van der Waals surface area contributed by atoms with Gasteiger partial charge < -0.3 is 10.6 Å². The Balaban J connectivity index is 1.39. The summed E-state index contributed by atoms with van der Waals surface area (Å²) in [6.45, 7) is 3.51. The molecule has 1 aliphatic heterocycles. The Labute approximate surface area is 158 Å². The van der Waals surface area contributed by atoms with Crippen LogP contribution in [0.3, 0.4) is 0 Å². The van der Waals surface area contributed by atoms with Crippen LogP contribution in [0.15, 0.2) is 29.1 Å². The maximum Gasteiger partial charge on any atom is 0.255 e. The largest absolute Gasteiger partial charge is 0.369 e. The van der Waals surface area contributed by atoms with E-state index < -0.39 is 0 Å². The van der Waals surface area contributed by atoms with Crippen LogP contribution in [0.1, 0.15) is 48.1 Å². The number of piperidine rings is 1. The number of aryl methyl sites for hydroxylation is 2. The highest BCUT2D eigenvalue weighted by molar-refractivity contribution is 5.76. The number of nitrogen functional groups attached to an aromatic ring is 1. The fourth-order valence-corrected chi connectivity index (χ4v) is 4.50. The summed E-state index contributed by atoms with van der Waals surface area (Å²) in [6.07, 6.45) is 4.69. The number of fused-ring (bicyclic) bond motifs is 2. The molecule has 0 saturated carbocycles. The first kappa shape index (κ1) is 17.8. The van der Waals surface area contributed by atoms with E-state index in [2.05, 4.69) is 41.2 Å². The second kappa shape index (κ2) is 6.83. The van der Waals surface area contributed by atoms with Gasteiger partial charge in [0.05, 0.1) is 5.69 Å². The Morgan fingerprint density at radius 1 is 1.22 bits per heavy atom. The number of aromatic amines is 1. The van der Waals surface area contributed by atoms with Gasteiger partial charge in [-0.2, -0.15) is 0 Å². The molecule has 27 heavy (non-hydrogen) atoms. The van der Waals surface area contributed by atoms with Crippen LogP contribution in [-0.4, -0.2) is 33.9 Å². The zero-order valence-corrected chi connectivity index (χ0v) is 15.8. The molecule has 0 unspecified atom stereocenters. The lowest BCUT2D eigenvalue weighted by Crippen LogP contribution is -2.45. The summed E-state index contributed by atoms with van der Waals surface area (Å²) in [4.78, 5) is 33.8. The van der Waals surface area contributed by atoms with Crippen molar-refractivity contribution in [1.29, 1.82) is 0 Å². The van der Waals surface area contributed by atoms with E-state index in [-0.39, 0.29) is 22.8 Å². The van der Waals surface area contributed by atoms with Crippen LogP contribution in [-0.2, 0) is 23.1 Å². The van der Waals surface area contributed by atoms with Gasteiger partial charge in [-0.1, -0.05) is 29.8 Å². The number of benzene rings is 1. The molecule has 1 aromatic heterocycles. The standard InChI is InChI=1S/C21H26N4O2/c1-14-2-4-15(5-3-14)6-7-17(26)25-12-10-21(11-13-25)9-8-16-18(21)23-20(22)24-19(16)27/h2-5H,6-13H2,1H3,(H3,22,23,24,27). The molecule has 1 aliphatic carbocycles. The molecule has 4 rings (SSSR count). The van der Waals surface area contributed by atoms with Gasteiger partial charge in [0.25, 0.3) is 5.56 Å². The third-order valence-corrected chi connectivity index (χ3v) is 6.21. The van der Waals surface area contributed by atoms with Gasteiger partial charge in [-0.05, 0) is 44.6 Å². The van der Waals surface area contributed by atoms with Crippen LogP contribution >= 0.6 is 0 Å². The quantitative estimate of drug-likeness (QED) is 0.870. The second-order valence-corrected chi connectivity index (χ2v) is 7.93. The summed E-state index contributed by atoms with van der Waals surface area (Å²) < 4.78 is 0. The van der Waals surface area contributed by atoms with Crippen molar-refractivity contribution >= 4 is 11.9 Å². The maximum atomic E-state index is 12.6. The summed E-state index contributed by atoms with van der Waals surface area (Å²) in [5, 5.41) is 0. The molecule has 0 atom stereocenters. The summed E-state index contributed by atoms with van der Waals surface area (Å²) in [6, 6.07) is 8.36. The van der Waals surface area contributed by atoms with E-state index >= 15 is 0 Å². The van der Waals surface area contributed by atoms with Crippen molar-refractivity contribution in [3.05, 3.63) is 57.0 Å². The van der Waals surface area contributed by atoms with Crippen molar-refractivity contribution in [3.63, 3.8) is 0 Å². The zero-order valence-electron chi connectivity index (χ0n) is 15.8. The number of rotatable bonds is 3. The van der Waals surface area contributed by atoms with Gasteiger partial charge in [0.15, 0.2) is 0 Å². The third kappa shape index (κ3) is 3.36. The van der Waals surface area contributed by atoms with E-state index in [1.54, 1.807) is 0 Å². The average Bonchev–Trinajstić information content (AvgIpc) is 3.00. The van der Waals surface area contributed by atoms with E-state index in [0.29, 0.717) is 6.42 Å². The molecular formula is C21H26N4O2. The van der Waals surface area contributed by atoms with Crippen LogP contribution < -0.4 is 11.3 Å². The van der Waals surface area contributed by atoms with Crippen molar-refractivity contribution in [3.8, 4) is 0 Å². The Bertz CT molecular complexity index is 909. The minimum atomic E-state index is -0.106. The molecule has 6 nitrogen and oxygen atoms in total. The Morgan fingerprint density at radius 3 is 2.63 bits per heavy atom. The van der Waals surface area contributed by atoms with E-state index in [1.165, 1.54) is 11.1 Å². The van der Waals surface area contributed by atoms with Crippen molar-refractivity contribution in [2.45, 2.75) is 50.9 Å². The molecule has 0 bridgehead atoms. The number of anilines is 1. The van der Waals surface area contributed by atoms with Crippen molar-refractivity contribution in [2.24, 2.45) is 0 Å². The molecule has 1 amide bonds. The molecule has 1 aromatic carbocycles. The molecular weight excluding hydrogens is 340 g/mol. The van der Waals surface area contributed by atoms with Gasteiger partial charge in [-0.25, -0.2) is 4.98 Å². The van der Waals surface area contributed by atoms with E-state index in [1.807, 2.05) is 4.90 Å². The molecule has 2 aromatic rings. The molecule has 1 saturated heterocycles. The van der Waals surface area contributed by atoms with E-state index in [9.17, 15) is 9.59 Å². The molecule has 1 spiro atoms. The number of H-pyrrole nitrogens is 1. The van der Waals surface area contributed by atoms with Crippen LogP contribution in [0.25, 0.3) is 0 Å². The highest BCUT2D eigenvalue weighted by atomic mass is 16.2. The van der Waals surface area contributed by atoms with Crippen LogP contribution in [0.4, 0.5) is 5.95 Å². The molecule has 6 heteroatoms. The first-order chi connectivity index (χ1) is 13.0. The lowest BCUT2D eigenvalue weighted by molar-refractivity contribution is -0.132. The maximum absolute atomic E-state index is 12.6. The number of likely N-dealkylation sites (tertiary alicyclic amines) is 1. The number of aromatic nitrogens is 2. The number of hydrogen-bond donors (Lipinski definition) is 2. The first-order valence-corrected chi connectivity index (χ1v) is 9.69. The number of carbonyl (C=O) groups excluding carboxylic acids is 1. The number of nitrogens with two attached hydrogens (primary N) is 1. The van der Waals surface area contributed by atoms with Gasteiger partial charge in [-0.3, -0.25) is 14.6 Å². The molecule has 3 N–H and O–H groups in total. The van der Waals surface area contributed by atoms with Gasteiger partial charge >= 0.3 is 0 Å². The lowest BCUT2D eigenvalue weighted by Gasteiger charge is -2.39. The van der Waals surface area contributed by atoms with Crippen molar-refractivity contribution in [2.75, 3.05) is 18.8 Å². The van der Waals surface area contributed by atoms with Crippen molar-refractivity contribution in [1.82, 2.24) is 14.9 Å². The van der Waals surface area contributed by atoms with Gasteiger partial charge in [0, 0.05) is 30.5 Å². The Hall–Kier alpha value is -2.63. The van der Waals surface area contributed by atoms with Gasteiger partial charge in [0.2, 0.25) is 11.9 Å². The number of nitrogens with one attached hydrogen (secondary N) is 1.